The van der Waals surface area contributed by atoms with E-state index in [2.05, 4.69) is 5.32 Å². The van der Waals surface area contributed by atoms with E-state index in [1.165, 1.54) is 44.1 Å². The van der Waals surface area contributed by atoms with Crippen molar-refractivity contribution in [3.8, 4) is 0 Å². The molecule has 1 fully saturated rings. The summed E-state index contributed by atoms with van der Waals surface area (Å²) in [5.41, 5.74) is 1.72. The van der Waals surface area contributed by atoms with Crippen LogP contribution in [0.15, 0.2) is 18.2 Å². The topological polar surface area (TPSA) is 12.0 Å². The molecule has 3 heteroatoms. The van der Waals surface area contributed by atoms with E-state index in [0.717, 1.165) is 23.0 Å². The van der Waals surface area contributed by atoms with E-state index in [-0.39, 0.29) is 0 Å². The minimum Gasteiger partial charge on any atom is -0.320 e. The third-order valence-electron chi connectivity index (χ3n) is 4.50. The minimum atomic E-state index is 0.522. The molecule has 1 aromatic carbocycles. The highest BCUT2D eigenvalue weighted by Crippen LogP contribution is 2.44. The number of hydrogen-bond donors (Lipinski definition) is 1. The summed E-state index contributed by atoms with van der Waals surface area (Å²) >= 11 is 12.3. The van der Waals surface area contributed by atoms with Crippen molar-refractivity contribution >= 4 is 23.2 Å². The molecule has 0 aromatic heterocycles. The second-order valence-electron chi connectivity index (χ2n) is 5.80. The van der Waals surface area contributed by atoms with Gasteiger partial charge in [0.25, 0.3) is 0 Å². The SMILES string of the molecule is CNCCC1(CCc2cc(Cl)ccc2Cl)CCCC1. The van der Waals surface area contributed by atoms with Crippen molar-refractivity contribution in [2.24, 2.45) is 5.41 Å². The Kier molecular flexibility index (Phi) is 5.56. The molecule has 19 heavy (non-hydrogen) atoms. The zero-order chi connectivity index (χ0) is 13.7. The maximum absolute atomic E-state index is 6.26. The van der Waals surface area contributed by atoms with Crippen LogP contribution >= 0.6 is 23.2 Å². The third kappa shape index (κ3) is 4.11. The Balaban J connectivity index is 2.00. The molecule has 1 N–H and O–H groups in total. The number of rotatable bonds is 6. The molecule has 0 bridgehead atoms. The number of halogens is 2. The fraction of sp³-hybridized carbons (Fsp3) is 0.625. The molecule has 1 aromatic rings. The smallest absolute Gasteiger partial charge is 0.0439 e. The first kappa shape index (κ1) is 15.2. The molecule has 0 spiro atoms. The molecule has 0 radical (unpaired) electrons. The van der Waals surface area contributed by atoms with Crippen LogP contribution in [0.5, 0.6) is 0 Å². The highest BCUT2D eigenvalue weighted by molar-refractivity contribution is 6.33. The van der Waals surface area contributed by atoms with Crippen LogP contribution in [0, 0.1) is 5.41 Å². The summed E-state index contributed by atoms with van der Waals surface area (Å²) in [7, 11) is 2.04. The summed E-state index contributed by atoms with van der Waals surface area (Å²) in [5, 5.41) is 4.93. The Morgan fingerprint density at radius 3 is 2.58 bits per heavy atom. The van der Waals surface area contributed by atoms with Crippen LogP contribution in [0.2, 0.25) is 10.0 Å². The lowest BCUT2D eigenvalue weighted by Crippen LogP contribution is -2.23. The maximum atomic E-state index is 6.26. The van der Waals surface area contributed by atoms with Gasteiger partial charge in [0.15, 0.2) is 0 Å². The van der Waals surface area contributed by atoms with Crippen LogP contribution in [0.4, 0.5) is 0 Å². The first-order chi connectivity index (χ1) is 9.15. The number of hydrogen-bond acceptors (Lipinski definition) is 1. The van der Waals surface area contributed by atoms with Crippen molar-refractivity contribution < 1.29 is 0 Å². The van der Waals surface area contributed by atoms with E-state index in [1.54, 1.807) is 0 Å². The molecule has 1 nitrogen and oxygen atoms in total. The minimum absolute atomic E-state index is 0.522. The number of aryl methyl sites for hydroxylation is 1. The molecule has 1 aliphatic carbocycles. The molecular weight excluding hydrogens is 277 g/mol. The zero-order valence-electron chi connectivity index (χ0n) is 11.6. The molecule has 0 saturated heterocycles. The van der Waals surface area contributed by atoms with E-state index < -0.39 is 0 Å². The second kappa shape index (κ2) is 6.97. The molecular formula is C16H23Cl2N. The first-order valence-electron chi connectivity index (χ1n) is 7.24. The molecule has 1 aliphatic rings. The summed E-state index contributed by atoms with van der Waals surface area (Å²) in [6.45, 7) is 1.11. The Bertz CT molecular complexity index is 411. The monoisotopic (exact) mass is 299 g/mol. The lowest BCUT2D eigenvalue weighted by molar-refractivity contribution is 0.247. The van der Waals surface area contributed by atoms with Gasteiger partial charge in [-0.2, -0.15) is 0 Å². The fourth-order valence-electron chi connectivity index (χ4n) is 3.27. The number of benzene rings is 1. The van der Waals surface area contributed by atoms with Gasteiger partial charge in [-0.1, -0.05) is 36.0 Å². The average molecular weight is 300 g/mol. The molecule has 0 aliphatic heterocycles. The Morgan fingerprint density at radius 1 is 1.16 bits per heavy atom. The molecule has 0 unspecified atom stereocenters. The summed E-state index contributed by atoms with van der Waals surface area (Å²) < 4.78 is 0. The van der Waals surface area contributed by atoms with E-state index in [1.807, 2.05) is 25.2 Å². The lowest BCUT2D eigenvalue weighted by atomic mass is 9.77. The normalized spacial score (nSPS) is 17.8. The van der Waals surface area contributed by atoms with Gasteiger partial charge in [-0.3, -0.25) is 0 Å². The third-order valence-corrected chi connectivity index (χ3v) is 5.11. The average Bonchev–Trinajstić information content (AvgIpc) is 2.87. The molecule has 106 valence electrons. The zero-order valence-corrected chi connectivity index (χ0v) is 13.2. The first-order valence-corrected chi connectivity index (χ1v) is 7.99. The summed E-state index contributed by atoms with van der Waals surface area (Å²) in [6.07, 6.45) is 9.05. The number of nitrogens with one attached hydrogen (secondary N) is 1. The molecule has 2 rings (SSSR count). The van der Waals surface area contributed by atoms with E-state index in [4.69, 9.17) is 23.2 Å². The van der Waals surface area contributed by atoms with E-state index >= 15 is 0 Å². The highest BCUT2D eigenvalue weighted by Gasteiger charge is 2.32. The van der Waals surface area contributed by atoms with Gasteiger partial charge >= 0.3 is 0 Å². The van der Waals surface area contributed by atoms with Gasteiger partial charge in [0.1, 0.15) is 0 Å². The largest absolute Gasteiger partial charge is 0.320 e. The van der Waals surface area contributed by atoms with Gasteiger partial charge in [-0.15, -0.1) is 0 Å². The quantitative estimate of drug-likeness (QED) is 0.771. The Labute approximate surface area is 126 Å². The van der Waals surface area contributed by atoms with Gasteiger partial charge in [0.05, 0.1) is 0 Å². The van der Waals surface area contributed by atoms with Gasteiger partial charge < -0.3 is 5.32 Å². The van der Waals surface area contributed by atoms with E-state index in [9.17, 15) is 0 Å². The summed E-state index contributed by atoms with van der Waals surface area (Å²) in [6, 6.07) is 5.79. The van der Waals surface area contributed by atoms with Crippen molar-refractivity contribution in [1.82, 2.24) is 5.32 Å². The van der Waals surface area contributed by atoms with Crippen LogP contribution < -0.4 is 5.32 Å². The fourth-order valence-corrected chi connectivity index (χ4v) is 3.68. The summed E-state index contributed by atoms with van der Waals surface area (Å²) in [5.74, 6) is 0. The molecule has 1 saturated carbocycles. The molecule has 0 amide bonds. The van der Waals surface area contributed by atoms with E-state index in [0.29, 0.717) is 5.41 Å². The van der Waals surface area contributed by atoms with Crippen LogP contribution in [-0.4, -0.2) is 13.6 Å². The van der Waals surface area contributed by atoms with Gasteiger partial charge in [0.2, 0.25) is 0 Å². The van der Waals surface area contributed by atoms with Crippen LogP contribution in [0.3, 0.4) is 0 Å². The predicted molar refractivity (Wildman–Crippen MR) is 84.2 cm³/mol. The van der Waals surface area contributed by atoms with Crippen molar-refractivity contribution in [2.45, 2.75) is 44.9 Å². The van der Waals surface area contributed by atoms with Crippen molar-refractivity contribution in [3.63, 3.8) is 0 Å². The van der Waals surface area contributed by atoms with Crippen LogP contribution in [0.25, 0.3) is 0 Å². The molecule has 0 heterocycles. The highest BCUT2D eigenvalue weighted by atomic mass is 35.5. The van der Waals surface area contributed by atoms with Gasteiger partial charge in [0, 0.05) is 10.0 Å². The maximum Gasteiger partial charge on any atom is 0.0439 e. The second-order valence-corrected chi connectivity index (χ2v) is 6.64. The standard InChI is InChI=1S/C16H23Cl2N/c1-19-11-10-16(7-2-3-8-16)9-6-13-12-14(17)4-5-15(13)18/h4-5,12,19H,2-3,6-11H2,1H3. The summed E-state index contributed by atoms with van der Waals surface area (Å²) in [4.78, 5) is 0. The molecule has 0 atom stereocenters. The van der Waals surface area contributed by atoms with Gasteiger partial charge in [-0.25, -0.2) is 0 Å². The Morgan fingerprint density at radius 2 is 1.89 bits per heavy atom. The lowest BCUT2D eigenvalue weighted by Gasteiger charge is -2.29. The van der Waals surface area contributed by atoms with Crippen LogP contribution in [-0.2, 0) is 6.42 Å². The van der Waals surface area contributed by atoms with Crippen molar-refractivity contribution in [1.29, 1.82) is 0 Å². The van der Waals surface area contributed by atoms with Crippen LogP contribution in [0.1, 0.15) is 44.1 Å². The van der Waals surface area contributed by atoms with Gasteiger partial charge in [-0.05, 0) is 74.9 Å². The Hall–Kier alpha value is -0.240. The van der Waals surface area contributed by atoms with Crippen molar-refractivity contribution in [2.75, 3.05) is 13.6 Å². The predicted octanol–water partition coefficient (Wildman–Crippen LogP) is 5.10. The van der Waals surface area contributed by atoms with Crippen molar-refractivity contribution in [3.05, 3.63) is 33.8 Å².